The van der Waals surface area contributed by atoms with Crippen LogP contribution in [-0.4, -0.2) is 24.0 Å². The van der Waals surface area contributed by atoms with Gasteiger partial charge in [-0.05, 0) is 57.2 Å². The predicted octanol–water partition coefficient (Wildman–Crippen LogP) is 4.94. The van der Waals surface area contributed by atoms with Crippen LogP contribution in [0.2, 0.25) is 0 Å². The van der Waals surface area contributed by atoms with Gasteiger partial charge in [-0.2, -0.15) is 0 Å². The van der Waals surface area contributed by atoms with Gasteiger partial charge in [0.2, 0.25) is 0 Å². The fraction of sp³-hybridized carbons (Fsp3) is 0.778. The van der Waals surface area contributed by atoms with Crippen LogP contribution >= 0.6 is 0 Å². The van der Waals surface area contributed by atoms with Crippen LogP contribution < -0.4 is 0 Å². The molecule has 1 saturated carbocycles. The van der Waals surface area contributed by atoms with Crippen LogP contribution in [0.5, 0.6) is 0 Å². The molecule has 1 heteroatoms. The van der Waals surface area contributed by atoms with Gasteiger partial charge >= 0.3 is 0 Å². The van der Waals surface area contributed by atoms with Crippen molar-refractivity contribution in [3.63, 3.8) is 0 Å². The Balaban J connectivity index is 1.81. The summed E-state index contributed by atoms with van der Waals surface area (Å²) in [5, 5.41) is 0. The van der Waals surface area contributed by atoms with Gasteiger partial charge in [-0.3, -0.25) is 0 Å². The summed E-state index contributed by atoms with van der Waals surface area (Å²) in [4.78, 5) is 2.77. The first-order valence-corrected chi connectivity index (χ1v) is 8.27. The molecule has 0 N–H and O–H groups in total. The number of allylic oxidation sites excluding steroid dienone is 2. The second-order valence-electron chi connectivity index (χ2n) is 6.61. The lowest BCUT2D eigenvalue weighted by atomic mass is 9.85. The third-order valence-corrected chi connectivity index (χ3v) is 5.16. The first kappa shape index (κ1) is 14.8. The highest BCUT2D eigenvalue weighted by Crippen LogP contribution is 2.30. The first-order chi connectivity index (χ1) is 9.18. The van der Waals surface area contributed by atoms with Crippen molar-refractivity contribution >= 4 is 0 Å². The van der Waals surface area contributed by atoms with E-state index in [-0.39, 0.29) is 0 Å². The maximum absolute atomic E-state index is 4.22. The Morgan fingerprint density at radius 1 is 0.842 bits per heavy atom. The molecule has 1 aliphatic heterocycles. The molecule has 2 aliphatic rings. The maximum Gasteiger partial charge on any atom is 0.00952 e. The van der Waals surface area contributed by atoms with Crippen molar-refractivity contribution in [2.75, 3.05) is 13.1 Å². The zero-order valence-corrected chi connectivity index (χ0v) is 12.8. The number of hydrogen-bond acceptors (Lipinski definition) is 1. The summed E-state index contributed by atoms with van der Waals surface area (Å²) >= 11 is 0. The van der Waals surface area contributed by atoms with Gasteiger partial charge in [0.15, 0.2) is 0 Å². The van der Waals surface area contributed by atoms with Crippen molar-refractivity contribution in [3.8, 4) is 0 Å². The Hall–Kier alpha value is -0.560. The van der Waals surface area contributed by atoms with Gasteiger partial charge in [0.05, 0.1) is 0 Å². The Kier molecular flexibility index (Phi) is 5.69. The molecular formula is C18H31N. The SMILES string of the molecule is C=C(C)C(=C)C1CCN(C2CCCCCCC2)CC1. The van der Waals surface area contributed by atoms with Gasteiger partial charge < -0.3 is 4.90 Å². The van der Waals surface area contributed by atoms with Crippen LogP contribution in [0.15, 0.2) is 24.3 Å². The van der Waals surface area contributed by atoms with Crippen LogP contribution in [-0.2, 0) is 0 Å². The van der Waals surface area contributed by atoms with Crippen molar-refractivity contribution in [1.29, 1.82) is 0 Å². The molecule has 0 radical (unpaired) electrons. The molecule has 0 aromatic heterocycles. The van der Waals surface area contributed by atoms with Gasteiger partial charge in [0.1, 0.15) is 0 Å². The van der Waals surface area contributed by atoms with E-state index in [4.69, 9.17) is 0 Å². The zero-order valence-electron chi connectivity index (χ0n) is 12.8. The lowest BCUT2D eigenvalue weighted by Gasteiger charge is -2.39. The van der Waals surface area contributed by atoms with Gasteiger partial charge in [0, 0.05) is 6.04 Å². The third kappa shape index (κ3) is 4.21. The molecule has 2 rings (SSSR count). The van der Waals surface area contributed by atoms with E-state index in [9.17, 15) is 0 Å². The number of likely N-dealkylation sites (tertiary alicyclic amines) is 1. The molecule has 2 fully saturated rings. The number of piperidine rings is 1. The van der Waals surface area contributed by atoms with Crippen molar-refractivity contribution in [3.05, 3.63) is 24.3 Å². The molecule has 0 unspecified atom stereocenters. The minimum Gasteiger partial charge on any atom is -0.300 e. The molecule has 0 aromatic rings. The van der Waals surface area contributed by atoms with Crippen molar-refractivity contribution in [1.82, 2.24) is 4.90 Å². The topological polar surface area (TPSA) is 3.24 Å². The van der Waals surface area contributed by atoms with Gasteiger partial charge in [-0.15, -0.1) is 0 Å². The average molecular weight is 261 g/mol. The highest BCUT2D eigenvalue weighted by molar-refractivity contribution is 5.25. The van der Waals surface area contributed by atoms with E-state index < -0.39 is 0 Å². The normalized spacial score (nSPS) is 24.7. The highest BCUT2D eigenvalue weighted by atomic mass is 15.2. The molecule has 0 bridgehead atoms. The predicted molar refractivity (Wildman–Crippen MR) is 84.4 cm³/mol. The molecule has 108 valence electrons. The molecule has 1 saturated heterocycles. The number of rotatable bonds is 3. The summed E-state index contributed by atoms with van der Waals surface area (Å²) in [7, 11) is 0. The summed E-state index contributed by atoms with van der Waals surface area (Å²) in [5.41, 5.74) is 2.49. The fourth-order valence-electron chi connectivity index (χ4n) is 3.76. The second-order valence-corrected chi connectivity index (χ2v) is 6.61. The van der Waals surface area contributed by atoms with Crippen molar-refractivity contribution in [2.45, 2.75) is 70.8 Å². The summed E-state index contributed by atoms with van der Waals surface area (Å²) in [5.74, 6) is 0.697. The Labute approximate surface area is 119 Å². The smallest absolute Gasteiger partial charge is 0.00952 e. The van der Waals surface area contributed by atoms with Crippen LogP contribution in [0.25, 0.3) is 0 Å². The fourth-order valence-corrected chi connectivity index (χ4v) is 3.76. The van der Waals surface area contributed by atoms with E-state index >= 15 is 0 Å². The molecule has 0 spiro atoms. The van der Waals surface area contributed by atoms with Crippen molar-refractivity contribution < 1.29 is 0 Å². The van der Waals surface area contributed by atoms with E-state index in [2.05, 4.69) is 25.0 Å². The minimum atomic E-state index is 0.697. The molecule has 0 amide bonds. The zero-order chi connectivity index (χ0) is 13.7. The average Bonchev–Trinajstić information content (AvgIpc) is 2.38. The Morgan fingerprint density at radius 3 is 1.89 bits per heavy atom. The van der Waals surface area contributed by atoms with E-state index in [0.29, 0.717) is 5.92 Å². The number of hydrogen-bond donors (Lipinski definition) is 0. The van der Waals surface area contributed by atoms with Crippen molar-refractivity contribution in [2.24, 2.45) is 5.92 Å². The quantitative estimate of drug-likeness (QED) is 0.650. The number of nitrogens with zero attached hydrogens (tertiary/aromatic N) is 1. The molecule has 1 aliphatic carbocycles. The molecular weight excluding hydrogens is 230 g/mol. The molecule has 0 atom stereocenters. The van der Waals surface area contributed by atoms with Crippen LogP contribution in [0.3, 0.4) is 0 Å². The van der Waals surface area contributed by atoms with Crippen LogP contribution in [0, 0.1) is 5.92 Å². The van der Waals surface area contributed by atoms with E-state index in [1.54, 1.807) is 0 Å². The van der Waals surface area contributed by atoms with E-state index in [0.717, 1.165) is 6.04 Å². The summed E-state index contributed by atoms with van der Waals surface area (Å²) in [6, 6.07) is 0.874. The first-order valence-electron chi connectivity index (χ1n) is 8.27. The highest BCUT2D eigenvalue weighted by Gasteiger charge is 2.26. The molecule has 19 heavy (non-hydrogen) atoms. The maximum atomic E-state index is 4.22. The van der Waals surface area contributed by atoms with E-state index in [1.807, 2.05) is 0 Å². The Bertz CT molecular complexity index is 302. The summed E-state index contributed by atoms with van der Waals surface area (Å²) in [6.45, 7) is 12.9. The van der Waals surface area contributed by atoms with Gasteiger partial charge in [-0.25, -0.2) is 0 Å². The second kappa shape index (κ2) is 7.28. The largest absolute Gasteiger partial charge is 0.300 e. The van der Waals surface area contributed by atoms with E-state index in [1.165, 1.54) is 82.0 Å². The van der Waals surface area contributed by atoms with Crippen LogP contribution in [0.4, 0.5) is 0 Å². The van der Waals surface area contributed by atoms with Crippen LogP contribution in [0.1, 0.15) is 64.7 Å². The third-order valence-electron chi connectivity index (χ3n) is 5.16. The Morgan fingerprint density at radius 2 is 1.37 bits per heavy atom. The lowest BCUT2D eigenvalue weighted by Crippen LogP contribution is -2.42. The van der Waals surface area contributed by atoms with Gasteiger partial charge in [0.25, 0.3) is 0 Å². The molecule has 1 heterocycles. The summed E-state index contributed by atoms with van der Waals surface area (Å²) in [6.07, 6.45) is 12.7. The standard InChI is InChI=1S/C18H31N/c1-15(2)16(3)17-11-13-19(14-12-17)18-9-7-5-4-6-8-10-18/h17-18H,1,3-14H2,2H3. The minimum absolute atomic E-state index is 0.697. The molecule has 0 aromatic carbocycles. The lowest BCUT2D eigenvalue weighted by molar-refractivity contribution is 0.122. The van der Waals surface area contributed by atoms with Gasteiger partial charge in [-0.1, -0.05) is 50.8 Å². The monoisotopic (exact) mass is 261 g/mol. The molecule has 1 nitrogen and oxygen atoms in total. The summed E-state index contributed by atoms with van der Waals surface area (Å²) < 4.78 is 0.